The van der Waals surface area contributed by atoms with E-state index < -0.39 is 6.04 Å². The van der Waals surface area contributed by atoms with E-state index >= 15 is 0 Å². The number of benzene rings is 2. The van der Waals surface area contributed by atoms with Crippen LogP contribution in [-0.4, -0.2) is 41.9 Å². The Hall–Kier alpha value is -2.73. The van der Waals surface area contributed by atoms with Gasteiger partial charge in [0.2, 0.25) is 5.91 Å². The molecule has 6 heteroatoms. The van der Waals surface area contributed by atoms with Crippen molar-refractivity contribution in [3.8, 4) is 0 Å². The normalized spacial score (nSPS) is 16.0. The fraction of sp³-hybridized carbons (Fsp3) is 0.333. The van der Waals surface area contributed by atoms with Gasteiger partial charge in [-0.05, 0) is 49.1 Å². The van der Waals surface area contributed by atoms with Crippen LogP contribution in [0.25, 0.3) is 0 Å². The molecule has 3 rings (SSSR count). The summed E-state index contributed by atoms with van der Waals surface area (Å²) in [7, 11) is 0. The molecule has 5 nitrogen and oxygen atoms in total. The molecule has 2 aromatic carbocycles. The Labute approximate surface area is 158 Å². The van der Waals surface area contributed by atoms with Crippen molar-refractivity contribution in [1.29, 1.82) is 0 Å². The summed E-state index contributed by atoms with van der Waals surface area (Å²) < 4.78 is 13.0. The quantitative estimate of drug-likeness (QED) is 0.848. The number of hydrogen-bond acceptors (Lipinski definition) is 3. The minimum Gasteiger partial charge on any atom is -0.349 e. The highest BCUT2D eigenvalue weighted by Crippen LogP contribution is 2.14. The number of nitrogens with two attached hydrogens (primary N) is 1. The topological polar surface area (TPSA) is 75.4 Å². The number of carbonyl (C=O) groups is 2. The zero-order valence-electron chi connectivity index (χ0n) is 15.1. The van der Waals surface area contributed by atoms with E-state index in [1.807, 2.05) is 30.3 Å². The molecule has 0 radical (unpaired) electrons. The molecular weight excluding hydrogens is 345 g/mol. The van der Waals surface area contributed by atoms with Crippen LogP contribution >= 0.6 is 0 Å². The summed E-state index contributed by atoms with van der Waals surface area (Å²) in [5, 5.41) is 2.95. The minimum atomic E-state index is -0.558. The summed E-state index contributed by atoms with van der Waals surface area (Å²) in [6.45, 7) is 1.13. The molecule has 27 heavy (non-hydrogen) atoms. The monoisotopic (exact) mass is 369 g/mol. The molecule has 0 aromatic heterocycles. The van der Waals surface area contributed by atoms with Gasteiger partial charge >= 0.3 is 0 Å². The van der Waals surface area contributed by atoms with Crippen LogP contribution in [0.1, 0.15) is 28.8 Å². The van der Waals surface area contributed by atoms with E-state index in [4.69, 9.17) is 5.73 Å². The molecule has 1 aliphatic rings. The molecule has 3 N–H and O–H groups in total. The largest absolute Gasteiger partial charge is 0.349 e. The summed E-state index contributed by atoms with van der Waals surface area (Å²) in [6.07, 6.45) is 1.87. The molecule has 0 saturated carbocycles. The van der Waals surface area contributed by atoms with Crippen molar-refractivity contribution in [3.05, 3.63) is 71.5 Å². The maximum Gasteiger partial charge on any atom is 0.251 e. The highest BCUT2D eigenvalue weighted by atomic mass is 19.1. The van der Waals surface area contributed by atoms with E-state index in [9.17, 15) is 14.0 Å². The predicted octanol–water partition coefficient (Wildman–Crippen LogP) is 2.12. The predicted molar refractivity (Wildman–Crippen MR) is 102 cm³/mol. The lowest BCUT2D eigenvalue weighted by atomic mass is 10.0. The van der Waals surface area contributed by atoms with Gasteiger partial charge < -0.3 is 16.0 Å². The van der Waals surface area contributed by atoms with Gasteiger partial charge in [-0.15, -0.1) is 0 Å². The number of amides is 2. The third-order valence-electron chi connectivity index (χ3n) is 4.86. The average molecular weight is 369 g/mol. The second-order valence-corrected chi connectivity index (χ2v) is 6.88. The van der Waals surface area contributed by atoms with Crippen LogP contribution in [0, 0.1) is 5.82 Å². The molecule has 1 heterocycles. The fourth-order valence-electron chi connectivity index (χ4n) is 3.30. The molecular formula is C21H24FN3O2. The maximum atomic E-state index is 13.0. The molecule has 1 saturated heterocycles. The number of rotatable bonds is 5. The van der Waals surface area contributed by atoms with Gasteiger partial charge in [0.25, 0.3) is 5.91 Å². The Morgan fingerprint density at radius 1 is 1.07 bits per heavy atom. The number of piperidine rings is 1. The maximum absolute atomic E-state index is 13.0. The van der Waals surface area contributed by atoms with Crippen LogP contribution in [0.4, 0.5) is 4.39 Å². The summed E-state index contributed by atoms with van der Waals surface area (Å²) in [6, 6.07) is 14.6. The van der Waals surface area contributed by atoms with Crippen LogP contribution in [0.3, 0.4) is 0 Å². The molecule has 1 unspecified atom stereocenters. The van der Waals surface area contributed by atoms with E-state index in [0.29, 0.717) is 37.9 Å². The number of carbonyl (C=O) groups excluding carboxylic acids is 2. The van der Waals surface area contributed by atoms with E-state index in [1.54, 1.807) is 4.90 Å². The average Bonchev–Trinajstić information content (AvgIpc) is 2.69. The summed E-state index contributed by atoms with van der Waals surface area (Å²) in [5.74, 6) is -0.645. The summed E-state index contributed by atoms with van der Waals surface area (Å²) in [4.78, 5) is 26.6. The van der Waals surface area contributed by atoms with E-state index in [2.05, 4.69) is 5.32 Å². The van der Waals surface area contributed by atoms with E-state index in [-0.39, 0.29) is 23.7 Å². The molecule has 0 bridgehead atoms. The van der Waals surface area contributed by atoms with Gasteiger partial charge in [-0.3, -0.25) is 9.59 Å². The molecule has 0 spiro atoms. The molecule has 1 aliphatic heterocycles. The highest BCUT2D eigenvalue weighted by molar-refractivity contribution is 5.94. The highest BCUT2D eigenvalue weighted by Gasteiger charge is 2.27. The third kappa shape index (κ3) is 5.14. The first-order chi connectivity index (χ1) is 13.0. The van der Waals surface area contributed by atoms with Crippen molar-refractivity contribution in [2.75, 3.05) is 13.1 Å². The summed E-state index contributed by atoms with van der Waals surface area (Å²) >= 11 is 0. The van der Waals surface area contributed by atoms with Crippen molar-refractivity contribution in [1.82, 2.24) is 10.2 Å². The first-order valence-electron chi connectivity index (χ1n) is 9.17. The van der Waals surface area contributed by atoms with Gasteiger partial charge in [0, 0.05) is 24.7 Å². The lowest BCUT2D eigenvalue weighted by Gasteiger charge is -2.34. The van der Waals surface area contributed by atoms with Gasteiger partial charge in [0.1, 0.15) is 5.82 Å². The Bertz CT molecular complexity index is 772. The van der Waals surface area contributed by atoms with Crippen molar-refractivity contribution in [2.24, 2.45) is 5.73 Å². The SMILES string of the molecule is NC(Cc1ccccc1)C(=O)N1CCC(NC(=O)c2ccc(F)cc2)CC1. The van der Waals surface area contributed by atoms with Crippen molar-refractivity contribution < 1.29 is 14.0 Å². The first kappa shape index (κ1) is 19.0. The lowest BCUT2D eigenvalue weighted by Crippen LogP contribution is -2.51. The molecule has 1 fully saturated rings. The van der Waals surface area contributed by atoms with E-state index in [0.717, 1.165) is 5.56 Å². The van der Waals surface area contributed by atoms with Gasteiger partial charge in [-0.1, -0.05) is 30.3 Å². The van der Waals surface area contributed by atoms with Gasteiger partial charge in [0.15, 0.2) is 0 Å². The van der Waals surface area contributed by atoms with Crippen molar-refractivity contribution in [2.45, 2.75) is 31.3 Å². The fourth-order valence-corrected chi connectivity index (χ4v) is 3.30. The standard InChI is InChI=1S/C21H24FN3O2/c22-17-8-6-16(7-9-17)20(26)24-18-10-12-25(13-11-18)21(27)19(23)14-15-4-2-1-3-5-15/h1-9,18-19H,10-14,23H2,(H,24,26). The Morgan fingerprint density at radius 2 is 1.70 bits per heavy atom. The zero-order valence-corrected chi connectivity index (χ0v) is 15.1. The number of nitrogens with zero attached hydrogens (tertiary/aromatic N) is 1. The van der Waals surface area contributed by atoms with Crippen LogP contribution in [-0.2, 0) is 11.2 Å². The Balaban J connectivity index is 1.47. The number of likely N-dealkylation sites (tertiary alicyclic amines) is 1. The number of halogens is 1. The molecule has 2 aromatic rings. The second-order valence-electron chi connectivity index (χ2n) is 6.88. The number of nitrogens with one attached hydrogen (secondary N) is 1. The molecule has 2 amide bonds. The Kier molecular flexibility index (Phi) is 6.19. The number of hydrogen-bond donors (Lipinski definition) is 2. The smallest absolute Gasteiger partial charge is 0.251 e. The third-order valence-corrected chi connectivity index (χ3v) is 4.86. The van der Waals surface area contributed by atoms with Crippen LogP contribution in [0.5, 0.6) is 0 Å². The summed E-state index contributed by atoms with van der Waals surface area (Å²) in [5.41, 5.74) is 7.56. The van der Waals surface area contributed by atoms with Gasteiger partial charge in [-0.25, -0.2) is 4.39 Å². The molecule has 0 aliphatic carbocycles. The first-order valence-corrected chi connectivity index (χ1v) is 9.17. The van der Waals surface area contributed by atoms with Crippen LogP contribution < -0.4 is 11.1 Å². The second kappa shape index (κ2) is 8.77. The molecule has 142 valence electrons. The minimum absolute atomic E-state index is 0.00282. The Morgan fingerprint density at radius 3 is 2.33 bits per heavy atom. The lowest BCUT2D eigenvalue weighted by molar-refractivity contribution is -0.133. The van der Waals surface area contributed by atoms with E-state index in [1.165, 1.54) is 24.3 Å². The molecule has 1 atom stereocenters. The van der Waals surface area contributed by atoms with Gasteiger partial charge in [-0.2, -0.15) is 0 Å². The van der Waals surface area contributed by atoms with Crippen molar-refractivity contribution in [3.63, 3.8) is 0 Å². The van der Waals surface area contributed by atoms with Gasteiger partial charge in [0.05, 0.1) is 6.04 Å². The van der Waals surface area contributed by atoms with Crippen molar-refractivity contribution >= 4 is 11.8 Å². The zero-order chi connectivity index (χ0) is 19.2. The van der Waals surface area contributed by atoms with Crippen LogP contribution in [0.15, 0.2) is 54.6 Å². The van der Waals surface area contributed by atoms with Crippen LogP contribution in [0.2, 0.25) is 0 Å².